The lowest BCUT2D eigenvalue weighted by Crippen LogP contribution is -2.19. The molecule has 0 amide bonds. The molecule has 0 saturated heterocycles. The number of hydrogen-bond donors (Lipinski definition) is 3. The average molecular weight is 231 g/mol. The minimum atomic E-state index is -3.85. The van der Waals surface area contributed by atoms with Crippen LogP contribution in [-0.2, 0) is 10.0 Å². The first-order valence-electron chi connectivity index (χ1n) is 3.88. The van der Waals surface area contributed by atoms with Crippen molar-refractivity contribution in [3.63, 3.8) is 0 Å². The van der Waals surface area contributed by atoms with E-state index in [9.17, 15) is 18.3 Å². The maximum Gasteiger partial charge on any atom is 0.335 e. The van der Waals surface area contributed by atoms with Gasteiger partial charge in [0, 0.05) is 0 Å². The van der Waals surface area contributed by atoms with E-state index in [-0.39, 0.29) is 5.56 Å². The number of sulfonamides is 1. The summed E-state index contributed by atoms with van der Waals surface area (Å²) in [5.74, 6) is -1.75. The number of rotatable bonds is 3. The minimum absolute atomic E-state index is 0.207. The molecule has 82 valence electrons. The Morgan fingerprint density at radius 1 is 1.40 bits per heavy atom. The zero-order chi connectivity index (χ0) is 11.6. The van der Waals surface area contributed by atoms with Crippen molar-refractivity contribution >= 4 is 16.0 Å². The van der Waals surface area contributed by atoms with E-state index in [1.807, 2.05) is 4.72 Å². The lowest BCUT2D eigenvalue weighted by molar-refractivity contribution is 0.0696. The predicted molar refractivity (Wildman–Crippen MR) is 51.3 cm³/mol. The van der Waals surface area contributed by atoms with Crippen LogP contribution in [0.1, 0.15) is 10.4 Å². The van der Waals surface area contributed by atoms with Crippen LogP contribution in [0.2, 0.25) is 0 Å². The molecular weight excluding hydrogens is 222 g/mol. The molecule has 0 spiro atoms. The molecule has 0 aliphatic heterocycles. The van der Waals surface area contributed by atoms with Gasteiger partial charge in [0.1, 0.15) is 10.6 Å². The molecule has 3 N–H and O–H groups in total. The van der Waals surface area contributed by atoms with Gasteiger partial charge in [0.2, 0.25) is 10.0 Å². The van der Waals surface area contributed by atoms with Gasteiger partial charge in [-0.2, -0.15) is 0 Å². The van der Waals surface area contributed by atoms with Crippen molar-refractivity contribution < 1.29 is 23.4 Å². The van der Waals surface area contributed by atoms with E-state index in [2.05, 4.69) is 0 Å². The fourth-order valence-corrected chi connectivity index (χ4v) is 1.82. The summed E-state index contributed by atoms with van der Waals surface area (Å²) < 4.78 is 24.6. The monoisotopic (exact) mass is 231 g/mol. The predicted octanol–water partition coefficient (Wildman–Crippen LogP) is -0.00150. The molecule has 6 nitrogen and oxygen atoms in total. The van der Waals surface area contributed by atoms with Gasteiger partial charge in [-0.05, 0) is 25.2 Å². The number of carbonyl (C=O) groups is 1. The number of aromatic carboxylic acids is 1. The van der Waals surface area contributed by atoms with Crippen molar-refractivity contribution in [2.45, 2.75) is 4.90 Å². The van der Waals surface area contributed by atoms with Gasteiger partial charge in [-0.25, -0.2) is 17.9 Å². The number of hydrogen-bond acceptors (Lipinski definition) is 4. The molecule has 0 radical (unpaired) electrons. The van der Waals surface area contributed by atoms with Gasteiger partial charge in [-0.1, -0.05) is 0 Å². The first kappa shape index (κ1) is 11.5. The third-order valence-corrected chi connectivity index (χ3v) is 3.21. The second kappa shape index (κ2) is 3.87. The van der Waals surface area contributed by atoms with Crippen LogP contribution in [-0.4, -0.2) is 31.6 Å². The summed E-state index contributed by atoms with van der Waals surface area (Å²) in [4.78, 5) is 10.1. The average Bonchev–Trinajstić information content (AvgIpc) is 2.17. The highest BCUT2D eigenvalue weighted by Crippen LogP contribution is 2.23. The van der Waals surface area contributed by atoms with E-state index >= 15 is 0 Å². The maximum absolute atomic E-state index is 11.3. The molecule has 1 aromatic carbocycles. The fraction of sp³-hybridized carbons (Fsp3) is 0.125. The highest BCUT2D eigenvalue weighted by atomic mass is 32.2. The fourth-order valence-electron chi connectivity index (χ4n) is 0.972. The van der Waals surface area contributed by atoms with Crippen LogP contribution in [0.5, 0.6) is 5.75 Å². The molecular formula is C8H9NO5S. The van der Waals surface area contributed by atoms with E-state index in [0.29, 0.717) is 0 Å². The first-order valence-corrected chi connectivity index (χ1v) is 5.36. The number of carboxylic acids is 1. The summed E-state index contributed by atoms with van der Waals surface area (Å²) in [5.41, 5.74) is -0.207. The second-order valence-electron chi connectivity index (χ2n) is 2.70. The Bertz CT molecular complexity index is 494. The molecule has 0 unspecified atom stereocenters. The Morgan fingerprint density at radius 3 is 2.47 bits per heavy atom. The van der Waals surface area contributed by atoms with E-state index in [1.54, 1.807) is 0 Å². The summed E-state index contributed by atoms with van der Waals surface area (Å²) in [5, 5.41) is 17.9. The van der Waals surface area contributed by atoms with E-state index < -0.39 is 26.6 Å². The Labute approximate surface area is 86.2 Å². The molecule has 0 fully saturated rings. The molecule has 7 heteroatoms. The summed E-state index contributed by atoms with van der Waals surface area (Å²) >= 11 is 0. The molecule has 15 heavy (non-hydrogen) atoms. The lowest BCUT2D eigenvalue weighted by Gasteiger charge is -2.05. The normalized spacial score (nSPS) is 11.3. The van der Waals surface area contributed by atoms with E-state index in [1.165, 1.54) is 7.05 Å². The molecule has 0 saturated carbocycles. The minimum Gasteiger partial charge on any atom is -0.507 e. The highest BCUT2D eigenvalue weighted by Gasteiger charge is 2.18. The number of benzene rings is 1. The molecule has 0 aromatic heterocycles. The van der Waals surface area contributed by atoms with Crippen LogP contribution in [0.3, 0.4) is 0 Å². The standard InChI is InChI=1S/C8H9NO5S/c1-9-15(13,14)7-4-5(8(11)12)2-3-6(7)10/h2-4,9-10H,1H3,(H,11,12). The van der Waals surface area contributed by atoms with Gasteiger partial charge < -0.3 is 10.2 Å². The Morgan fingerprint density at radius 2 is 2.00 bits per heavy atom. The number of aromatic hydroxyl groups is 1. The van der Waals surface area contributed by atoms with Gasteiger partial charge in [0.15, 0.2) is 0 Å². The van der Waals surface area contributed by atoms with Crippen LogP contribution in [0.15, 0.2) is 23.1 Å². The molecule has 0 aliphatic rings. The number of phenols is 1. The van der Waals surface area contributed by atoms with Crippen LogP contribution in [0, 0.1) is 0 Å². The van der Waals surface area contributed by atoms with Crippen molar-refractivity contribution in [2.24, 2.45) is 0 Å². The Kier molecular flexibility index (Phi) is 2.96. The van der Waals surface area contributed by atoms with Crippen LogP contribution >= 0.6 is 0 Å². The van der Waals surface area contributed by atoms with Crippen molar-refractivity contribution in [1.29, 1.82) is 0 Å². The zero-order valence-corrected chi connectivity index (χ0v) is 8.58. The van der Waals surface area contributed by atoms with E-state index in [4.69, 9.17) is 5.11 Å². The molecule has 0 heterocycles. The van der Waals surface area contributed by atoms with Gasteiger partial charge >= 0.3 is 5.97 Å². The maximum atomic E-state index is 11.3. The van der Waals surface area contributed by atoms with Crippen LogP contribution in [0.4, 0.5) is 0 Å². The third kappa shape index (κ3) is 2.25. The van der Waals surface area contributed by atoms with Gasteiger partial charge in [-0.15, -0.1) is 0 Å². The summed E-state index contributed by atoms with van der Waals surface area (Å²) in [7, 11) is -2.68. The molecule has 1 rings (SSSR count). The number of nitrogens with one attached hydrogen (secondary N) is 1. The van der Waals surface area contributed by atoms with Crippen molar-refractivity contribution in [3.05, 3.63) is 23.8 Å². The highest BCUT2D eigenvalue weighted by molar-refractivity contribution is 7.89. The zero-order valence-electron chi connectivity index (χ0n) is 7.76. The molecule has 0 atom stereocenters. The van der Waals surface area contributed by atoms with Crippen molar-refractivity contribution in [3.8, 4) is 5.75 Å². The third-order valence-electron chi connectivity index (χ3n) is 1.77. The smallest absolute Gasteiger partial charge is 0.335 e. The Balaban J connectivity index is 3.42. The Hall–Kier alpha value is -1.60. The summed E-state index contributed by atoms with van der Waals surface area (Å²) in [6.07, 6.45) is 0. The van der Waals surface area contributed by atoms with Gasteiger partial charge in [-0.3, -0.25) is 0 Å². The topological polar surface area (TPSA) is 104 Å². The van der Waals surface area contributed by atoms with Crippen molar-refractivity contribution in [2.75, 3.05) is 7.05 Å². The van der Waals surface area contributed by atoms with E-state index in [0.717, 1.165) is 18.2 Å². The second-order valence-corrected chi connectivity index (χ2v) is 4.55. The lowest BCUT2D eigenvalue weighted by atomic mass is 10.2. The summed E-state index contributed by atoms with van der Waals surface area (Å²) in [6.45, 7) is 0. The molecule has 0 aliphatic carbocycles. The summed E-state index contributed by atoms with van der Waals surface area (Å²) in [6, 6.07) is 3.03. The van der Waals surface area contributed by atoms with Gasteiger partial charge in [0.05, 0.1) is 5.56 Å². The van der Waals surface area contributed by atoms with Crippen LogP contribution in [0.25, 0.3) is 0 Å². The molecule has 1 aromatic rings. The van der Waals surface area contributed by atoms with Crippen molar-refractivity contribution in [1.82, 2.24) is 4.72 Å². The number of carboxylic acid groups (broad SMARTS) is 1. The van der Waals surface area contributed by atoms with Crippen LogP contribution < -0.4 is 4.72 Å². The largest absolute Gasteiger partial charge is 0.507 e. The molecule has 0 bridgehead atoms. The SMILES string of the molecule is CNS(=O)(=O)c1cc(C(=O)O)ccc1O. The first-order chi connectivity index (χ1) is 6.88. The number of phenolic OH excluding ortho intramolecular Hbond substituents is 1. The quantitative estimate of drug-likeness (QED) is 0.679. The van der Waals surface area contributed by atoms with Gasteiger partial charge in [0.25, 0.3) is 0 Å².